The number of nitro benzene ring substituents is 1. The van der Waals surface area contributed by atoms with E-state index in [1.807, 2.05) is 0 Å². The highest BCUT2D eigenvalue weighted by atomic mass is 16.6. The molecule has 1 aromatic rings. The fourth-order valence-electron chi connectivity index (χ4n) is 2.54. The van der Waals surface area contributed by atoms with Crippen LogP contribution in [0.15, 0.2) is 18.2 Å². The third-order valence-electron chi connectivity index (χ3n) is 3.52. The monoisotopic (exact) mass is 264 g/mol. The van der Waals surface area contributed by atoms with E-state index in [0.717, 1.165) is 18.4 Å². The van der Waals surface area contributed by atoms with E-state index in [4.69, 9.17) is 5.11 Å². The number of nitro groups is 1. The van der Waals surface area contributed by atoms with Crippen LogP contribution in [0.3, 0.4) is 0 Å². The summed E-state index contributed by atoms with van der Waals surface area (Å²) in [6, 6.07) is 4.68. The van der Waals surface area contributed by atoms with Gasteiger partial charge in [-0.1, -0.05) is 12.5 Å². The Labute approximate surface area is 110 Å². The Morgan fingerprint density at radius 2 is 2.21 bits per heavy atom. The summed E-state index contributed by atoms with van der Waals surface area (Å²) in [7, 11) is 0. The highest BCUT2D eigenvalue weighted by Gasteiger charge is 2.33. The Morgan fingerprint density at radius 3 is 2.84 bits per heavy atom. The average molecular weight is 264 g/mol. The number of carboxylic acid groups (broad SMARTS) is 1. The summed E-state index contributed by atoms with van der Waals surface area (Å²) in [5, 5.41) is 23.1. The van der Waals surface area contributed by atoms with E-state index in [2.05, 4.69) is 5.32 Å². The molecule has 2 N–H and O–H groups in total. The molecule has 102 valence electrons. The Bertz CT molecular complexity index is 515. The maximum absolute atomic E-state index is 11.1. The van der Waals surface area contributed by atoms with Crippen LogP contribution in [-0.2, 0) is 4.79 Å². The van der Waals surface area contributed by atoms with Crippen molar-refractivity contribution in [1.82, 2.24) is 0 Å². The Morgan fingerprint density at radius 1 is 1.47 bits per heavy atom. The van der Waals surface area contributed by atoms with Gasteiger partial charge < -0.3 is 10.4 Å². The molecule has 2 unspecified atom stereocenters. The number of carboxylic acids is 1. The second-order valence-corrected chi connectivity index (χ2v) is 4.90. The van der Waals surface area contributed by atoms with Gasteiger partial charge in [0.25, 0.3) is 5.69 Å². The first-order valence-electron chi connectivity index (χ1n) is 6.23. The van der Waals surface area contributed by atoms with Crippen molar-refractivity contribution in [2.75, 3.05) is 5.32 Å². The van der Waals surface area contributed by atoms with Crippen LogP contribution in [0.25, 0.3) is 0 Å². The van der Waals surface area contributed by atoms with Gasteiger partial charge in [0, 0.05) is 12.1 Å². The lowest BCUT2D eigenvalue weighted by Crippen LogP contribution is -2.30. The molecule has 2 atom stereocenters. The Kier molecular flexibility index (Phi) is 3.69. The maximum atomic E-state index is 11.1. The number of anilines is 1. The molecule has 0 saturated heterocycles. The fraction of sp³-hybridized carbons (Fsp3) is 0.462. The molecule has 0 bridgehead atoms. The van der Waals surface area contributed by atoms with Crippen molar-refractivity contribution in [1.29, 1.82) is 0 Å². The lowest BCUT2D eigenvalue weighted by Gasteiger charge is -2.18. The summed E-state index contributed by atoms with van der Waals surface area (Å²) >= 11 is 0. The summed E-state index contributed by atoms with van der Waals surface area (Å²) in [5.74, 6) is -1.31. The third kappa shape index (κ3) is 2.83. The van der Waals surface area contributed by atoms with Crippen LogP contribution < -0.4 is 5.32 Å². The summed E-state index contributed by atoms with van der Waals surface area (Å²) in [4.78, 5) is 21.7. The quantitative estimate of drug-likeness (QED) is 0.644. The highest BCUT2D eigenvalue weighted by molar-refractivity contribution is 5.73. The molecule has 0 aliphatic heterocycles. The van der Waals surface area contributed by atoms with Gasteiger partial charge in [-0.25, -0.2) is 0 Å². The molecule has 6 heteroatoms. The lowest BCUT2D eigenvalue weighted by atomic mass is 10.0. The number of benzene rings is 1. The van der Waals surface area contributed by atoms with Crippen molar-refractivity contribution in [3.8, 4) is 0 Å². The molecule has 1 aromatic carbocycles. The molecule has 1 saturated carbocycles. The minimum absolute atomic E-state index is 0.00367. The molecule has 19 heavy (non-hydrogen) atoms. The van der Waals surface area contributed by atoms with Crippen molar-refractivity contribution in [3.63, 3.8) is 0 Å². The van der Waals surface area contributed by atoms with E-state index in [0.29, 0.717) is 12.1 Å². The lowest BCUT2D eigenvalue weighted by molar-refractivity contribution is -0.384. The van der Waals surface area contributed by atoms with Gasteiger partial charge in [-0.3, -0.25) is 14.9 Å². The first-order chi connectivity index (χ1) is 8.99. The van der Waals surface area contributed by atoms with Gasteiger partial charge in [-0.15, -0.1) is 0 Å². The number of aryl methyl sites for hydroxylation is 1. The summed E-state index contributed by atoms with van der Waals surface area (Å²) in [6.07, 6.45) is 2.17. The summed E-state index contributed by atoms with van der Waals surface area (Å²) < 4.78 is 0. The topological polar surface area (TPSA) is 92.5 Å². The molecule has 6 nitrogen and oxygen atoms in total. The number of nitrogens with zero attached hydrogens (tertiary/aromatic N) is 1. The van der Waals surface area contributed by atoms with E-state index < -0.39 is 16.8 Å². The molecule has 0 radical (unpaired) electrons. The first-order valence-corrected chi connectivity index (χ1v) is 6.23. The van der Waals surface area contributed by atoms with Crippen LogP contribution in [0, 0.1) is 23.0 Å². The largest absolute Gasteiger partial charge is 0.481 e. The minimum Gasteiger partial charge on any atom is -0.481 e. The minimum atomic E-state index is -0.843. The van der Waals surface area contributed by atoms with Crippen LogP contribution in [0.5, 0.6) is 0 Å². The van der Waals surface area contributed by atoms with Crippen molar-refractivity contribution < 1.29 is 14.8 Å². The van der Waals surface area contributed by atoms with E-state index in [1.165, 1.54) is 6.07 Å². The molecular weight excluding hydrogens is 248 g/mol. The van der Waals surface area contributed by atoms with Gasteiger partial charge in [0.2, 0.25) is 0 Å². The van der Waals surface area contributed by atoms with E-state index in [1.54, 1.807) is 19.1 Å². The normalized spacial score (nSPS) is 22.2. The van der Waals surface area contributed by atoms with Crippen molar-refractivity contribution in [2.45, 2.75) is 32.2 Å². The molecular formula is C13H16N2O4. The standard InChI is InChI=1S/C13H16N2O4/c1-8-5-6-11(12(7-8)15(18)19)14-10-4-2-3-9(10)13(16)17/h5-7,9-10,14H,2-4H2,1H3,(H,16,17). The van der Waals surface area contributed by atoms with Crippen molar-refractivity contribution >= 4 is 17.3 Å². The molecule has 1 aliphatic rings. The van der Waals surface area contributed by atoms with Crippen molar-refractivity contribution in [2.24, 2.45) is 5.92 Å². The van der Waals surface area contributed by atoms with Crippen molar-refractivity contribution in [3.05, 3.63) is 33.9 Å². The van der Waals surface area contributed by atoms with Gasteiger partial charge in [-0.05, 0) is 31.4 Å². The summed E-state index contributed by atoms with van der Waals surface area (Å²) in [5.41, 5.74) is 1.20. The fourth-order valence-corrected chi connectivity index (χ4v) is 2.54. The average Bonchev–Trinajstić information content (AvgIpc) is 2.79. The zero-order valence-electron chi connectivity index (χ0n) is 10.6. The molecule has 2 rings (SSSR count). The second-order valence-electron chi connectivity index (χ2n) is 4.90. The second kappa shape index (κ2) is 5.26. The van der Waals surface area contributed by atoms with Gasteiger partial charge in [0.1, 0.15) is 5.69 Å². The van der Waals surface area contributed by atoms with Crippen LogP contribution in [0.2, 0.25) is 0 Å². The number of hydrogen-bond donors (Lipinski definition) is 2. The zero-order valence-corrected chi connectivity index (χ0v) is 10.6. The van der Waals surface area contributed by atoms with Crippen LogP contribution in [-0.4, -0.2) is 22.0 Å². The van der Waals surface area contributed by atoms with E-state index in [-0.39, 0.29) is 11.7 Å². The van der Waals surface area contributed by atoms with Crippen LogP contribution in [0.4, 0.5) is 11.4 Å². The van der Waals surface area contributed by atoms with Gasteiger partial charge >= 0.3 is 5.97 Å². The molecule has 1 aliphatic carbocycles. The maximum Gasteiger partial charge on any atom is 0.308 e. The number of aliphatic carboxylic acids is 1. The number of rotatable bonds is 4. The smallest absolute Gasteiger partial charge is 0.308 e. The molecule has 0 aromatic heterocycles. The third-order valence-corrected chi connectivity index (χ3v) is 3.52. The van der Waals surface area contributed by atoms with Gasteiger partial charge in [0.15, 0.2) is 0 Å². The predicted molar refractivity (Wildman–Crippen MR) is 70.2 cm³/mol. The molecule has 0 heterocycles. The summed E-state index contributed by atoms with van der Waals surface area (Å²) in [6.45, 7) is 1.78. The molecule has 0 spiro atoms. The van der Waals surface area contributed by atoms with E-state index >= 15 is 0 Å². The van der Waals surface area contributed by atoms with Gasteiger partial charge in [0.05, 0.1) is 10.8 Å². The number of hydrogen-bond acceptors (Lipinski definition) is 4. The molecule has 0 amide bonds. The highest BCUT2D eigenvalue weighted by Crippen LogP contribution is 2.32. The molecule has 1 fully saturated rings. The first kappa shape index (κ1) is 13.3. The number of carbonyl (C=O) groups is 1. The Balaban J connectivity index is 2.23. The number of nitrogens with one attached hydrogen (secondary N) is 1. The SMILES string of the molecule is Cc1ccc(NC2CCCC2C(=O)O)c([N+](=O)[O-])c1. The Hall–Kier alpha value is -2.11. The van der Waals surface area contributed by atoms with Crippen LogP contribution >= 0.6 is 0 Å². The van der Waals surface area contributed by atoms with Crippen LogP contribution in [0.1, 0.15) is 24.8 Å². The predicted octanol–water partition coefficient (Wildman–Crippen LogP) is 2.57. The zero-order chi connectivity index (χ0) is 14.0. The van der Waals surface area contributed by atoms with Gasteiger partial charge in [-0.2, -0.15) is 0 Å². The van der Waals surface area contributed by atoms with E-state index in [9.17, 15) is 14.9 Å².